The zero-order valence-electron chi connectivity index (χ0n) is 20.6. The van der Waals surface area contributed by atoms with Crippen LogP contribution in [0.1, 0.15) is 83.1 Å². The number of aryl methyl sites for hydroxylation is 1. The summed E-state index contributed by atoms with van der Waals surface area (Å²) in [5.74, 6) is 0.272. The molecule has 2 rings (SSSR count). The summed E-state index contributed by atoms with van der Waals surface area (Å²) in [4.78, 5) is 25.4. The van der Waals surface area contributed by atoms with Crippen LogP contribution < -0.4 is 0 Å². The van der Waals surface area contributed by atoms with Gasteiger partial charge in [-0.05, 0) is 50.0 Å². The highest BCUT2D eigenvalue weighted by Crippen LogP contribution is 2.22. The van der Waals surface area contributed by atoms with Crippen molar-refractivity contribution in [2.24, 2.45) is 5.92 Å². The Morgan fingerprint density at radius 2 is 1.85 bits per heavy atom. The van der Waals surface area contributed by atoms with E-state index in [0.29, 0.717) is 12.8 Å². The van der Waals surface area contributed by atoms with Gasteiger partial charge in [-0.1, -0.05) is 75.1 Å². The molecule has 1 aromatic rings. The minimum Gasteiger partial charge on any atom is -0.469 e. The molecule has 1 heterocycles. The molecule has 184 valence electrons. The first kappa shape index (κ1) is 27.1. The van der Waals surface area contributed by atoms with E-state index in [9.17, 15) is 14.7 Å². The van der Waals surface area contributed by atoms with Crippen molar-refractivity contribution in [2.75, 3.05) is 13.7 Å². The molecule has 5 heteroatoms. The lowest BCUT2D eigenvalue weighted by atomic mass is 9.95. The van der Waals surface area contributed by atoms with Gasteiger partial charge in [-0.15, -0.1) is 0 Å². The number of hydrogen-bond donors (Lipinski definition) is 1. The van der Waals surface area contributed by atoms with Crippen molar-refractivity contribution >= 4 is 11.9 Å². The van der Waals surface area contributed by atoms with E-state index in [2.05, 4.69) is 42.0 Å². The van der Waals surface area contributed by atoms with Gasteiger partial charge in [-0.25, -0.2) is 0 Å². The molecular weight excluding hydrogens is 414 g/mol. The Labute approximate surface area is 200 Å². The van der Waals surface area contributed by atoms with Gasteiger partial charge in [-0.3, -0.25) is 9.59 Å². The Morgan fingerprint density at radius 3 is 2.61 bits per heavy atom. The Balaban J connectivity index is 1.62. The molecule has 1 aliphatic rings. The van der Waals surface area contributed by atoms with Crippen molar-refractivity contribution < 1.29 is 19.4 Å². The van der Waals surface area contributed by atoms with Crippen LogP contribution in [0.4, 0.5) is 0 Å². The first-order chi connectivity index (χ1) is 16.0. The first-order valence-electron chi connectivity index (χ1n) is 12.8. The highest BCUT2D eigenvalue weighted by atomic mass is 16.5. The number of carbonyl (C=O) groups is 2. The Morgan fingerprint density at radius 1 is 1.12 bits per heavy atom. The molecular formula is C28H43NO4. The minimum atomic E-state index is -0.463. The molecule has 3 atom stereocenters. The lowest BCUT2D eigenvalue weighted by Crippen LogP contribution is -2.33. The number of amides is 1. The number of aliphatic hydroxyl groups excluding tert-OH is 1. The summed E-state index contributed by atoms with van der Waals surface area (Å²) in [6.07, 6.45) is 14.7. The molecule has 0 bridgehead atoms. The predicted molar refractivity (Wildman–Crippen MR) is 133 cm³/mol. The van der Waals surface area contributed by atoms with Crippen LogP contribution in [0.25, 0.3) is 0 Å². The van der Waals surface area contributed by atoms with Crippen LogP contribution in [0.15, 0.2) is 42.5 Å². The van der Waals surface area contributed by atoms with Gasteiger partial charge in [0.15, 0.2) is 0 Å². The fourth-order valence-corrected chi connectivity index (χ4v) is 4.47. The molecule has 0 spiro atoms. The normalized spacial score (nSPS) is 18.1. The molecule has 5 nitrogen and oxygen atoms in total. The summed E-state index contributed by atoms with van der Waals surface area (Å²) >= 11 is 0. The van der Waals surface area contributed by atoms with Gasteiger partial charge in [0.05, 0.1) is 19.3 Å². The topological polar surface area (TPSA) is 66.8 Å². The Hall–Kier alpha value is -2.14. The van der Waals surface area contributed by atoms with E-state index in [4.69, 9.17) is 0 Å². The summed E-state index contributed by atoms with van der Waals surface area (Å²) in [6, 6.07) is 10.7. The third-order valence-corrected chi connectivity index (χ3v) is 6.71. The monoisotopic (exact) mass is 457 g/mol. The van der Waals surface area contributed by atoms with Gasteiger partial charge < -0.3 is 14.7 Å². The molecule has 1 amide bonds. The number of benzene rings is 1. The highest BCUT2D eigenvalue weighted by Gasteiger charge is 2.28. The van der Waals surface area contributed by atoms with E-state index in [1.165, 1.54) is 25.5 Å². The molecule has 0 aliphatic carbocycles. The smallest absolute Gasteiger partial charge is 0.305 e. The van der Waals surface area contributed by atoms with Crippen molar-refractivity contribution in [3.63, 3.8) is 0 Å². The van der Waals surface area contributed by atoms with Crippen LogP contribution in [0.2, 0.25) is 0 Å². The van der Waals surface area contributed by atoms with Gasteiger partial charge in [-0.2, -0.15) is 0 Å². The standard InChI is InChI=1S/C28H43NO4/c1-23(13-7-5-8-14-24-15-9-6-10-16-24)26(30)20-18-25-19-21-27(31)29(25)22-12-4-3-11-17-28(32)33-2/h6,9-10,15-16,18,20,23,25-26,30H,3-5,7-8,11-14,17,19,21-22H2,1-2H3/t23-,25?,26+/m0/s1. The number of methoxy groups -OCH3 is 1. The van der Waals surface area contributed by atoms with Crippen molar-refractivity contribution in [1.82, 2.24) is 4.90 Å². The van der Waals surface area contributed by atoms with Crippen LogP contribution in [-0.2, 0) is 20.7 Å². The zero-order valence-corrected chi connectivity index (χ0v) is 20.6. The zero-order chi connectivity index (χ0) is 23.9. The summed E-state index contributed by atoms with van der Waals surface area (Å²) in [5, 5.41) is 10.6. The van der Waals surface area contributed by atoms with Gasteiger partial charge in [0.2, 0.25) is 5.91 Å². The van der Waals surface area contributed by atoms with Crippen molar-refractivity contribution in [3.8, 4) is 0 Å². The minimum absolute atomic E-state index is 0.0975. The molecule has 0 aromatic heterocycles. The van der Waals surface area contributed by atoms with E-state index >= 15 is 0 Å². The maximum absolute atomic E-state index is 12.3. The molecule has 33 heavy (non-hydrogen) atoms. The van der Waals surface area contributed by atoms with Gasteiger partial charge >= 0.3 is 5.97 Å². The third-order valence-electron chi connectivity index (χ3n) is 6.71. The fraction of sp³-hybridized carbons (Fsp3) is 0.643. The van der Waals surface area contributed by atoms with Crippen LogP contribution in [-0.4, -0.2) is 47.7 Å². The fourth-order valence-electron chi connectivity index (χ4n) is 4.47. The van der Waals surface area contributed by atoms with E-state index in [1.54, 1.807) is 0 Å². The average molecular weight is 458 g/mol. The quantitative estimate of drug-likeness (QED) is 0.203. The molecule has 1 fully saturated rings. The average Bonchev–Trinajstić information content (AvgIpc) is 3.18. The van der Waals surface area contributed by atoms with Crippen LogP contribution in [0, 0.1) is 5.92 Å². The number of aliphatic hydroxyl groups is 1. The molecule has 1 aromatic carbocycles. The number of nitrogens with zero attached hydrogens (tertiary/aromatic N) is 1. The van der Waals surface area contributed by atoms with E-state index in [1.807, 2.05) is 17.1 Å². The number of esters is 1. The van der Waals surface area contributed by atoms with Crippen LogP contribution >= 0.6 is 0 Å². The summed E-state index contributed by atoms with van der Waals surface area (Å²) in [7, 11) is 1.42. The Kier molecular flexibility index (Phi) is 12.9. The predicted octanol–water partition coefficient (Wildman–Crippen LogP) is 5.46. The second-order valence-corrected chi connectivity index (χ2v) is 9.37. The van der Waals surface area contributed by atoms with E-state index in [-0.39, 0.29) is 23.8 Å². The number of hydrogen-bond acceptors (Lipinski definition) is 4. The summed E-state index contributed by atoms with van der Waals surface area (Å²) in [6.45, 7) is 2.86. The van der Waals surface area contributed by atoms with Crippen molar-refractivity contribution in [2.45, 2.75) is 96.1 Å². The molecule has 1 unspecified atom stereocenters. The van der Waals surface area contributed by atoms with E-state index in [0.717, 1.165) is 57.9 Å². The highest BCUT2D eigenvalue weighted by molar-refractivity contribution is 5.79. The van der Waals surface area contributed by atoms with Crippen LogP contribution in [0.3, 0.4) is 0 Å². The first-order valence-corrected chi connectivity index (χ1v) is 12.8. The number of unbranched alkanes of at least 4 members (excludes halogenated alkanes) is 5. The largest absolute Gasteiger partial charge is 0.469 e. The third kappa shape index (κ3) is 10.6. The molecule has 0 radical (unpaired) electrons. The summed E-state index contributed by atoms with van der Waals surface area (Å²) in [5.41, 5.74) is 1.39. The molecule has 1 N–H and O–H groups in total. The molecule has 1 aliphatic heterocycles. The molecule has 0 saturated carbocycles. The van der Waals surface area contributed by atoms with Crippen LogP contribution in [0.5, 0.6) is 0 Å². The maximum atomic E-state index is 12.3. The van der Waals surface area contributed by atoms with Gasteiger partial charge in [0, 0.05) is 19.4 Å². The lowest BCUT2D eigenvalue weighted by Gasteiger charge is -2.23. The SMILES string of the molecule is COC(=O)CCCCCCN1C(=O)CCC1C=C[C@@H](O)[C@@H](C)CCCCCc1ccccc1. The van der Waals surface area contributed by atoms with E-state index < -0.39 is 6.10 Å². The van der Waals surface area contributed by atoms with Crippen molar-refractivity contribution in [1.29, 1.82) is 0 Å². The lowest BCUT2D eigenvalue weighted by molar-refractivity contribution is -0.140. The second kappa shape index (κ2) is 15.7. The second-order valence-electron chi connectivity index (χ2n) is 9.37. The number of ether oxygens (including phenoxy) is 1. The van der Waals surface area contributed by atoms with Gasteiger partial charge in [0.1, 0.15) is 0 Å². The number of likely N-dealkylation sites (tertiary alicyclic amines) is 1. The number of carbonyl (C=O) groups excluding carboxylic acids is 2. The maximum Gasteiger partial charge on any atom is 0.305 e. The number of rotatable bonds is 16. The van der Waals surface area contributed by atoms with Gasteiger partial charge in [0.25, 0.3) is 0 Å². The molecule has 1 saturated heterocycles. The summed E-state index contributed by atoms with van der Waals surface area (Å²) < 4.78 is 4.66. The Bertz CT molecular complexity index is 718. The van der Waals surface area contributed by atoms with Crippen molar-refractivity contribution in [3.05, 3.63) is 48.0 Å².